The fourth-order valence-electron chi connectivity index (χ4n) is 3.48. The molecule has 1 aliphatic rings. The van der Waals surface area contributed by atoms with Crippen LogP contribution in [0.5, 0.6) is 5.75 Å². The van der Waals surface area contributed by atoms with Crippen molar-refractivity contribution in [3.63, 3.8) is 0 Å². The summed E-state index contributed by atoms with van der Waals surface area (Å²) in [7, 11) is -3.93. The molecule has 3 aromatic rings. The van der Waals surface area contributed by atoms with E-state index in [1.54, 1.807) is 30.3 Å². The van der Waals surface area contributed by atoms with Crippen molar-refractivity contribution >= 4 is 38.9 Å². The van der Waals surface area contributed by atoms with Gasteiger partial charge in [-0.05, 0) is 55.8 Å². The number of carbonyl (C=O) groups excluding carboxylic acids is 1. The molecular formula is C23H21ClN2O4S. The lowest BCUT2D eigenvalue weighted by molar-refractivity contribution is -0.122. The van der Waals surface area contributed by atoms with Crippen LogP contribution in [0, 0.1) is 13.8 Å². The lowest BCUT2D eigenvalue weighted by Gasteiger charge is -2.35. The summed E-state index contributed by atoms with van der Waals surface area (Å²) in [6.45, 7) is 3.69. The number of ether oxygens (including phenoxy) is 1. The molecule has 0 saturated heterocycles. The van der Waals surface area contributed by atoms with Crippen molar-refractivity contribution in [1.82, 2.24) is 0 Å². The molecule has 1 amide bonds. The molecular weight excluding hydrogens is 436 g/mol. The van der Waals surface area contributed by atoms with E-state index in [0.717, 1.165) is 11.1 Å². The van der Waals surface area contributed by atoms with Gasteiger partial charge in [-0.3, -0.25) is 9.10 Å². The van der Waals surface area contributed by atoms with E-state index in [1.165, 1.54) is 22.5 Å². The molecule has 1 atom stereocenters. The zero-order valence-corrected chi connectivity index (χ0v) is 18.6. The molecule has 0 aliphatic carbocycles. The molecule has 1 N–H and O–H groups in total. The van der Waals surface area contributed by atoms with Gasteiger partial charge in [0.15, 0.2) is 6.10 Å². The zero-order chi connectivity index (χ0) is 22.2. The quantitative estimate of drug-likeness (QED) is 0.624. The third-order valence-electron chi connectivity index (χ3n) is 5.05. The lowest BCUT2D eigenvalue weighted by Crippen LogP contribution is -2.48. The number of aryl methyl sites for hydroxylation is 2. The van der Waals surface area contributed by atoms with Crippen LogP contribution in [0.4, 0.5) is 11.4 Å². The maximum Gasteiger partial charge on any atom is 0.267 e. The van der Waals surface area contributed by atoms with Gasteiger partial charge in [-0.25, -0.2) is 8.42 Å². The molecule has 160 valence electrons. The van der Waals surface area contributed by atoms with Crippen LogP contribution in [0.2, 0.25) is 5.02 Å². The monoisotopic (exact) mass is 456 g/mol. The van der Waals surface area contributed by atoms with Gasteiger partial charge >= 0.3 is 0 Å². The first kappa shape index (κ1) is 21.2. The van der Waals surface area contributed by atoms with Crippen molar-refractivity contribution < 1.29 is 17.9 Å². The van der Waals surface area contributed by atoms with Gasteiger partial charge in [0.05, 0.1) is 17.1 Å². The number of benzene rings is 3. The Hall–Kier alpha value is -3.03. The Kier molecular flexibility index (Phi) is 5.64. The number of carbonyl (C=O) groups is 1. The molecule has 3 aromatic carbocycles. The number of rotatable bonds is 4. The standard InChI is InChI=1S/C23H21ClN2O4S/c1-15-8-10-19(16(2)12-15)25-23(27)22-14-26(20-13-17(24)9-11-21(20)30-22)31(28,29)18-6-4-3-5-7-18/h3-13,22H,14H2,1-2H3,(H,25,27)/t22-/m0/s1. The van der Waals surface area contributed by atoms with Gasteiger partial charge in [-0.15, -0.1) is 0 Å². The van der Waals surface area contributed by atoms with Gasteiger partial charge in [-0.1, -0.05) is 47.5 Å². The summed E-state index contributed by atoms with van der Waals surface area (Å²) in [5, 5.41) is 3.22. The molecule has 0 unspecified atom stereocenters. The first-order valence-corrected chi connectivity index (χ1v) is 11.5. The second kappa shape index (κ2) is 8.24. The van der Waals surface area contributed by atoms with Crippen LogP contribution >= 0.6 is 11.6 Å². The molecule has 31 heavy (non-hydrogen) atoms. The van der Waals surface area contributed by atoms with Crippen molar-refractivity contribution in [3.8, 4) is 5.75 Å². The highest BCUT2D eigenvalue weighted by molar-refractivity contribution is 7.92. The van der Waals surface area contributed by atoms with E-state index in [1.807, 2.05) is 32.0 Å². The number of hydrogen-bond donors (Lipinski definition) is 1. The highest BCUT2D eigenvalue weighted by Crippen LogP contribution is 2.39. The molecule has 0 spiro atoms. The summed E-state index contributed by atoms with van der Waals surface area (Å²) >= 11 is 6.12. The average molecular weight is 457 g/mol. The van der Waals surface area contributed by atoms with E-state index in [4.69, 9.17) is 16.3 Å². The van der Waals surface area contributed by atoms with E-state index in [0.29, 0.717) is 16.4 Å². The number of anilines is 2. The maximum atomic E-state index is 13.4. The predicted molar refractivity (Wildman–Crippen MR) is 121 cm³/mol. The summed E-state index contributed by atoms with van der Waals surface area (Å²) in [6.07, 6.45) is -1.03. The Morgan fingerprint density at radius 1 is 1.06 bits per heavy atom. The van der Waals surface area contributed by atoms with E-state index in [9.17, 15) is 13.2 Å². The number of amides is 1. The summed E-state index contributed by atoms with van der Waals surface area (Å²) in [6, 6.07) is 18.4. The third kappa shape index (κ3) is 4.24. The molecule has 1 heterocycles. The van der Waals surface area contributed by atoms with E-state index in [2.05, 4.69) is 5.32 Å². The zero-order valence-electron chi connectivity index (χ0n) is 17.0. The van der Waals surface area contributed by atoms with Crippen molar-refractivity contribution in [3.05, 3.63) is 82.9 Å². The van der Waals surface area contributed by atoms with Gasteiger partial charge < -0.3 is 10.1 Å². The largest absolute Gasteiger partial charge is 0.476 e. The minimum atomic E-state index is -3.93. The van der Waals surface area contributed by atoms with Gasteiger partial charge in [0, 0.05) is 10.7 Å². The van der Waals surface area contributed by atoms with Crippen LogP contribution in [-0.4, -0.2) is 27.0 Å². The van der Waals surface area contributed by atoms with Crippen LogP contribution in [0.1, 0.15) is 11.1 Å². The molecule has 0 aromatic heterocycles. The Morgan fingerprint density at radius 2 is 1.81 bits per heavy atom. The first-order chi connectivity index (χ1) is 14.8. The summed E-state index contributed by atoms with van der Waals surface area (Å²) in [5.74, 6) is -0.156. The van der Waals surface area contributed by atoms with Gasteiger partial charge in [-0.2, -0.15) is 0 Å². The van der Waals surface area contributed by atoms with E-state index in [-0.39, 0.29) is 17.2 Å². The molecule has 1 aliphatic heterocycles. The topological polar surface area (TPSA) is 75.7 Å². The maximum absolute atomic E-state index is 13.4. The fourth-order valence-corrected chi connectivity index (χ4v) is 5.13. The highest BCUT2D eigenvalue weighted by atomic mass is 35.5. The lowest BCUT2D eigenvalue weighted by atomic mass is 10.1. The first-order valence-electron chi connectivity index (χ1n) is 9.68. The Balaban J connectivity index is 1.69. The fraction of sp³-hybridized carbons (Fsp3) is 0.174. The second-order valence-electron chi connectivity index (χ2n) is 7.38. The normalized spacial score (nSPS) is 15.7. The van der Waals surface area contributed by atoms with Crippen molar-refractivity contribution in [2.75, 3.05) is 16.2 Å². The molecule has 4 rings (SSSR count). The van der Waals surface area contributed by atoms with Gasteiger partial charge in [0.2, 0.25) is 0 Å². The SMILES string of the molecule is Cc1ccc(NC(=O)[C@@H]2CN(S(=O)(=O)c3ccccc3)c3cc(Cl)ccc3O2)c(C)c1. The average Bonchev–Trinajstić information content (AvgIpc) is 2.75. The summed E-state index contributed by atoms with van der Waals surface area (Å²) in [5.41, 5.74) is 2.94. The van der Waals surface area contributed by atoms with Crippen LogP contribution in [0.25, 0.3) is 0 Å². The predicted octanol–water partition coefficient (Wildman–Crippen LogP) is 4.55. The third-order valence-corrected chi connectivity index (χ3v) is 7.08. The van der Waals surface area contributed by atoms with Crippen molar-refractivity contribution in [2.24, 2.45) is 0 Å². The number of nitrogens with one attached hydrogen (secondary N) is 1. The molecule has 6 nitrogen and oxygen atoms in total. The summed E-state index contributed by atoms with van der Waals surface area (Å²) in [4.78, 5) is 13.1. The minimum Gasteiger partial charge on any atom is -0.476 e. The molecule has 0 saturated carbocycles. The van der Waals surface area contributed by atoms with Crippen molar-refractivity contribution in [2.45, 2.75) is 24.8 Å². The van der Waals surface area contributed by atoms with E-state index < -0.39 is 22.0 Å². The molecule has 0 bridgehead atoms. The van der Waals surface area contributed by atoms with Gasteiger partial charge in [0.1, 0.15) is 5.75 Å². The van der Waals surface area contributed by atoms with Crippen LogP contribution < -0.4 is 14.4 Å². The second-order valence-corrected chi connectivity index (χ2v) is 9.67. The minimum absolute atomic E-state index is 0.122. The van der Waals surface area contributed by atoms with Gasteiger partial charge in [0.25, 0.3) is 15.9 Å². The Labute approximate surface area is 186 Å². The number of sulfonamides is 1. The van der Waals surface area contributed by atoms with Crippen LogP contribution in [0.3, 0.4) is 0 Å². The number of nitrogens with zero attached hydrogens (tertiary/aromatic N) is 1. The number of halogens is 1. The van der Waals surface area contributed by atoms with Crippen molar-refractivity contribution in [1.29, 1.82) is 0 Å². The molecule has 0 radical (unpaired) electrons. The molecule has 8 heteroatoms. The Bertz CT molecular complexity index is 1250. The number of fused-ring (bicyclic) bond motifs is 1. The smallest absolute Gasteiger partial charge is 0.267 e. The van der Waals surface area contributed by atoms with Crippen LogP contribution in [-0.2, 0) is 14.8 Å². The van der Waals surface area contributed by atoms with Crippen LogP contribution in [0.15, 0.2) is 71.6 Å². The Morgan fingerprint density at radius 3 is 2.52 bits per heavy atom. The van der Waals surface area contributed by atoms with E-state index >= 15 is 0 Å². The molecule has 0 fully saturated rings. The number of hydrogen-bond acceptors (Lipinski definition) is 4. The highest BCUT2D eigenvalue weighted by Gasteiger charge is 2.37. The summed E-state index contributed by atoms with van der Waals surface area (Å²) < 4.78 is 33.8.